The standard InChI is InChI=1S/C26H20N2.ClH/c1-4-12-21(13-5-1)26(22-14-6-2-7-15-22,23-16-8-3-9-17-23)28-20-27-24-18-10-11-19-25(24)28;/h1-20H;1H. The smallest absolute Gasteiger partial charge is 0.243 e. The van der Waals surface area contributed by atoms with Gasteiger partial charge >= 0.3 is 0 Å². The van der Waals surface area contributed by atoms with Crippen molar-refractivity contribution < 1.29 is 17.0 Å². The average Bonchev–Trinajstić information content (AvgIpc) is 3.21. The molecule has 3 heteroatoms. The summed E-state index contributed by atoms with van der Waals surface area (Å²) >= 11 is 0. The molecule has 0 saturated heterocycles. The number of nitrogens with zero attached hydrogens (tertiary/aromatic N) is 1. The topological polar surface area (TPSA) is 19.7 Å². The quantitative estimate of drug-likeness (QED) is 0.355. The van der Waals surface area contributed by atoms with Crippen LogP contribution in [0.2, 0.25) is 0 Å². The summed E-state index contributed by atoms with van der Waals surface area (Å²) in [5.74, 6) is 0. The van der Waals surface area contributed by atoms with E-state index in [0.717, 1.165) is 5.52 Å². The van der Waals surface area contributed by atoms with Gasteiger partial charge in [0.25, 0.3) is 0 Å². The van der Waals surface area contributed by atoms with Crippen LogP contribution >= 0.6 is 0 Å². The van der Waals surface area contributed by atoms with Gasteiger partial charge in [-0.25, -0.2) is 9.55 Å². The minimum atomic E-state index is -0.483. The summed E-state index contributed by atoms with van der Waals surface area (Å²) in [7, 11) is 0. The van der Waals surface area contributed by atoms with E-state index >= 15 is 0 Å². The van der Waals surface area contributed by atoms with Gasteiger partial charge in [0.15, 0.2) is 16.6 Å². The van der Waals surface area contributed by atoms with Crippen LogP contribution in [0.15, 0.2) is 122 Å². The highest BCUT2D eigenvalue weighted by Gasteiger charge is 2.43. The van der Waals surface area contributed by atoms with Gasteiger partial charge in [-0.05, 0) is 12.1 Å². The molecule has 1 aromatic heterocycles. The zero-order valence-electron chi connectivity index (χ0n) is 15.9. The first-order valence-corrected chi connectivity index (χ1v) is 9.55. The van der Waals surface area contributed by atoms with Crippen molar-refractivity contribution >= 4 is 11.0 Å². The van der Waals surface area contributed by atoms with Gasteiger partial charge in [0.1, 0.15) is 0 Å². The molecule has 5 aromatic rings. The number of aromatic nitrogens is 2. The molecule has 5 rings (SSSR count). The van der Waals surface area contributed by atoms with Gasteiger partial charge in [-0.2, -0.15) is 0 Å². The van der Waals surface area contributed by atoms with Gasteiger partial charge < -0.3 is 12.4 Å². The number of hydrogen-bond donors (Lipinski definition) is 1. The maximum absolute atomic E-state index is 3.47. The second-order valence-corrected chi connectivity index (χ2v) is 6.97. The number of H-pyrrole nitrogens is 1. The number of benzene rings is 4. The molecule has 2 nitrogen and oxygen atoms in total. The molecule has 142 valence electrons. The van der Waals surface area contributed by atoms with E-state index < -0.39 is 5.54 Å². The third-order valence-electron chi connectivity index (χ3n) is 5.45. The Kier molecular flexibility index (Phi) is 5.20. The monoisotopic (exact) mass is 396 g/mol. The predicted molar refractivity (Wildman–Crippen MR) is 113 cm³/mol. The van der Waals surface area contributed by atoms with Crippen LogP contribution in [0.3, 0.4) is 0 Å². The van der Waals surface area contributed by atoms with Crippen LogP contribution in [0.25, 0.3) is 11.0 Å². The van der Waals surface area contributed by atoms with E-state index in [1.165, 1.54) is 22.2 Å². The zero-order chi connectivity index (χ0) is 18.8. The highest BCUT2D eigenvalue weighted by molar-refractivity contribution is 5.71. The van der Waals surface area contributed by atoms with E-state index in [9.17, 15) is 0 Å². The fourth-order valence-corrected chi connectivity index (χ4v) is 4.24. The maximum atomic E-state index is 3.47. The molecule has 29 heavy (non-hydrogen) atoms. The Morgan fingerprint density at radius 1 is 0.517 bits per heavy atom. The molecule has 0 atom stereocenters. The Bertz CT molecular complexity index is 1100. The Labute approximate surface area is 176 Å². The van der Waals surface area contributed by atoms with Crippen molar-refractivity contribution in [1.29, 1.82) is 0 Å². The Balaban J connectivity index is 0.00000205. The average molecular weight is 397 g/mol. The van der Waals surface area contributed by atoms with Crippen LogP contribution in [0.5, 0.6) is 0 Å². The summed E-state index contributed by atoms with van der Waals surface area (Å²) in [6, 6.07) is 40.7. The molecular weight excluding hydrogens is 376 g/mol. The summed E-state index contributed by atoms with van der Waals surface area (Å²) in [4.78, 5) is 3.47. The fraction of sp³-hybridized carbons (Fsp3) is 0.0385. The molecule has 0 radical (unpaired) electrons. The van der Waals surface area contributed by atoms with Crippen molar-refractivity contribution in [2.45, 2.75) is 5.54 Å². The largest absolute Gasteiger partial charge is 1.00 e. The third kappa shape index (κ3) is 3.02. The molecule has 0 aliphatic rings. The highest BCUT2D eigenvalue weighted by Crippen LogP contribution is 2.37. The number of imidazole rings is 1. The number of hydrogen-bond acceptors (Lipinski definition) is 0. The maximum Gasteiger partial charge on any atom is 0.243 e. The lowest BCUT2D eigenvalue weighted by atomic mass is 9.76. The van der Waals surface area contributed by atoms with E-state index in [-0.39, 0.29) is 12.4 Å². The molecule has 4 aromatic carbocycles. The molecule has 0 bridgehead atoms. The number of halogens is 1. The third-order valence-corrected chi connectivity index (χ3v) is 5.45. The van der Waals surface area contributed by atoms with Crippen molar-refractivity contribution in [3.8, 4) is 0 Å². The number of fused-ring (bicyclic) bond motifs is 1. The van der Waals surface area contributed by atoms with Crippen LogP contribution in [-0.4, -0.2) is 4.98 Å². The first-order valence-electron chi connectivity index (χ1n) is 9.55. The first kappa shape index (κ1) is 19.0. The van der Waals surface area contributed by atoms with Crippen LogP contribution in [-0.2, 0) is 5.54 Å². The summed E-state index contributed by atoms with van der Waals surface area (Å²) in [6.45, 7) is 0. The van der Waals surface area contributed by atoms with E-state index in [2.05, 4.69) is 131 Å². The lowest BCUT2D eigenvalue weighted by Crippen LogP contribution is -3.00. The molecule has 0 aliphatic heterocycles. The van der Waals surface area contributed by atoms with Gasteiger partial charge in [0.05, 0.1) is 0 Å². The van der Waals surface area contributed by atoms with E-state index in [4.69, 9.17) is 0 Å². The van der Waals surface area contributed by atoms with Gasteiger partial charge in [-0.3, -0.25) is 0 Å². The molecule has 0 fully saturated rings. The minimum Gasteiger partial charge on any atom is -1.00 e. The second-order valence-electron chi connectivity index (χ2n) is 6.97. The lowest BCUT2D eigenvalue weighted by Gasteiger charge is -2.33. The first-order chi connectivity index (χ1) is 13.9. The molecule has 0 spiro atoms. The van der Waals surface area contributed by atoms with E-state index in [1.807, 2.05) is 0 Å². The molecule has 1 heterocycles. The SMILES string of the molecule is [Cl-].c1ccc(C(c2ccccc2)(c2ccccc2)[n+]2c[nH]c3ccccc32)cc1. The number of rotatable bonds is 4. The Morgan fingerprint density at radius 2 is 0.931 bits per heavy atom. The van der Waals surface area contributed by atoms with Gasteiger partial charge in [0, 0.05) is 16.7 Å². The van der Waals surface area contributed by atoms with Crippen molar-refractivity contribution in [2.24, 2.45) is 0 Å². The highest BCUT2D eigenvalue weighted by atomic mass is 35.5. The zero-order valence-corrected chi connectivity index (χ0v) is 16.6. The number of aromatic amines is 1. The van der Waals surface area contributed by atoms with Crippen molar-refractivity contribution in [3.05, 3.63) is 138 Å². The van der Waals surface area contributed by atoms with E-state index in [1.54, 1.807) is 0 Å². The molecule has 0 amide bonds. The number of nitrogens with one attached hydrogen (secondary N) is 1. The van der Waals surface area contributed by atoms with Crippen molar-refractivity contribution in [2.75, 3.05) is 0 Å². The van der Waals surface area contributed by atoms with Gasteiger partial charge in [-0.1, -0.05) is 103 Å². The van der Waals surface area contributed by atoms with Crippen LogP contribution in [0.1, 0.15) is 16.7 Å². The van der Waals surface area contributed by atoms with Crippen molar-refractivity contribution in [1.82, 2.24) is 4.98 Å². The molecular formula is C26H21ClN2. The van der Waals surface area contributed by atoms with Crippen molar-refractivity contribution in [3.63, 3.8) is 0 Å². The van der Waals surface area contributed by atoms with Gasteiger partial charge in [0.2, 0.25) is 6.33 Å². The predicted octanol–water partition coefficient (Wildman–Crippen LogP) is 2.30. The lowest BCUT2D eigenvalue weighted by molar-refractivity contribution is -0.710. The minimum absolute atomic E-state index is 0. The van der Waals surface area contributed by atoms with Crippen LogP contribution in [0.4, 0.5) is 0 Å². The molecule has 1 N–H and O–H groups in total. The molecule has 0 saturated carbocycles. The Morgan fingerprint density at radius 3 is 1.41 bits per heavy atom. The molecule has 0 unspecified atom stereocenters. The second kappa shape index (κ2) is 7.94. The summed E-state index contributed by atoms with van der Waals surface area (Å²) in [5, 5.41) is 0. The summed E-state index contributed by atoms with van der Waals surface area (Å²) in [5.41, 5.74) is 5.48. The summed E-state index contributed by atoms with van der Waals surface area (Å²) in [6.07, 6.45) is 2.09. The fourth-order valence-electron chi connectivity index (χ4n) is 4.24. The van der Waals surface area contributed by atoms with Crippen LogP contribution in [0, 0.1) is 0 Å². The molecule has 0 aliphatic carbocycles. The summed E-state index contributed by atoms with van der Waals surface area (Å²) < 4.78 is 2.36. The van der Waals surface area contributed by atoms with Crippen LogP contribution < -0.4 is 17.0 Å². The Hall–Kier alpha value is -3.36. The number of para-hydroxylation sites is 2. The van der Waals surface area contributed by atoms with Gasteiger partial charge in [-0.15, -0.1) is 0 Å². The normalized spacial score (nSPS) is 11.2. The van der Waals surface area contributed by atoms with E-state index in [0.29, 0.717) is 0 Å².